The van der Waals surface area contributed by atoms with E-state index in [2.05, 4.69) is 30.7 Å². The molecule has 110 valence electrons. The molecule has 20 heavy (non-hydrogen) atoms. The topological polar surface area (TPSA) is 36.4 Å². The Hall–Kier alpha value is -0.940. The van der Waals surface area contributed by atoms with Gasteiger partial charge in [-0.2, -0.15) is 0 Å². The van der Waals surface area contributed by atoms with Crippen LogP contribution in [0, 0.1) is 17.3 Å². The van der Waals surface area contributed by atoms with E-state index < -0.39 is 0 Å². The lowest BCUT2D eigenvalue weighted by Crippen LogP contribution is -2.36. The van der Waals surface area contributed by atoms with Gasteiger partial charge in [0.1, 0.15) is 5.69 Å². The number of rotatable bonds is 2. The van der Waals surface area contributed by atoms with Gasteiger partial charge < -0.3 is 9.80 Å². The average Bonchev–Trinajstić information content (AvgIpc) is 2.98. The number of likely N-dealkylation sites (tertiary alicyclic amines) is 2. The molecule has 2 fully saturated rings. The first-order chi connectivity index (χ1) is 9.42. The van der Waals surface area contributed by atoms with Gasteiger partial charge in [-0.1, -0.05) is 20.8 Å². The van der Waals surface area contributed by atoms with Crippen LogP contribution in [0.4, 0.5) is 0 Å². The highest BCUT2D eigenvalue weighted by atomic mass is 32.1. The Kier molecular flexibility index (Phi) is 3.58. The highest BCUT2D eigenvalue weighted by molar-refractivity contribution is 7.07. The molecule has 1 amide bonds. The molecule has 0 N–H and O–H groups in total. The summed E-state index contributed by atoms with van der Waals surface area (Å²) in [4.78, 5) is 21.0. The van der Waals surface area contributed by atoms with Gasteiger partial charge in [0.05, 0.1) is 5.51 Å². The number of thiazole rings is 1. The van der Waals surface area contributed by atoms with Crippen molar-refractivity contribution in [3.8, 4) is 0 Å². The summed E-state index contributed by atoms with van der Waals surface area (Å²) in [6, 6.07) is 0. The minimum atomic E-state index is 0.114. The lowest BCUT2D eigenvalue weighted by atomic mass is 9.96. The minimum Gasteiger partial charge on any atom is -0.337 e. The Morgan fingerprint density at radius 2 is 1.95 bits per heavy atom. The lowest BCUT2D eigenvalue weighted by Gasteiger charge is -2.27. The largest absolute Gasteiger partial charge is 0.337 e. The van der Waals surface area contributed by atoms with Crippen LogP contribution in [-0.2, 0) is 0 Å². The summed E-state index contributed by atoms with van der Waals surface area (Å²) < 4.78 is 0. The van der Waals surface area contributed by atoms with Gasteiger partial charge in [0.25, 0.3) is 5.91 Å². The average molecular weight is 293 g/mol. The van der Waals surface area contributed by atoms with Crippen molar-refractivity contribution >= 4 is 17.2 Å². The van der Waals surface area contributed by atoms with Gasteiger partial charge in [0.2, 0.25) is 0 Å². The number of aromatic nitrogens is 1. The zero-order chi connectivity index (χ0) is 14.3. The molecule has 3 heterocycles. The highest BCUT2D eigenvalue weighted by Gasteiger charge is 2.42. The van der Waals surface area contributed by atoms with Gasteiger partial charge in [0, 0.05) is 38.1 Å². The van der Waals surface area contributed by atoms with Gasteiger partial charge in [-0.05, 0) is 17.3 Å². The molecule has 0 bridgehead atoms. The Morgan fingerprint density at radius 3 is 2.45 bits per heavy atom. The lowest BCUT2D eigenvalue weighted by molar-refractivity contribution is 0.0765. The van der Waals surface area contributed by atoms with Crippen LogP contribution in [0.25, 0.3) is 0 Å². The molecule has 4 nitrogen and oxygen atoms in total. The number of amides is 1. The molecule has 2 aliphatic rings. The molecule has 0 radical (unpaired) electrons. The van der Waals surface area contributed by atoms with Crippen LogP contribution in [0.5, 0.6) is 0 Å². The Balaban J connectivity index is 1.57. The maximum absolute atomic E-state index is 12.3. The first kappa shape index (κ1) is 14.0. The van der Waals surface area contributed by atoms with Crippen LogP contribution >= 0.6 is 11.3 Å². The van der Waals surface area contributed by atoms with Gasteiger partial charge in [0.15, 0.2) is 0 Å². The van der Waals surface area contributed by atoms with E-state index in [1.807, 2.05) is 10.3 Å². The number of fused-ring (bicyclic) bond motifs is 1. The molecule has 0 aliphatic carbocycles. The van der Waals surface area contributed by atoms with Crippen molar-refractivity contribution < 1.29 is 4.79 Å². The fourth-order valence-corrected chi connectivity index (χ4v) is 4.06. The standard InChI is InChI=1S/C15H23N3OS/c1-15(2,3)9-17-4-11-6-18(7-12(11)5-17)14(19)13-8-20-10-16-13/h8,10-12H,4-7,9H2,1-3H3/t11-,12-/m1/s1. The molecular formula is C15H23N3OS. The highest BCUT2D eigenvalue weighted by Crippen LogP contribution is 2.33. The molecule has 3 rings (SSSR count). The number of nitrogens with zero attached hydrogens (tertiary/aromatic N) is 3. The fraction of sp³-hybridized carbons (Fsp3) is 0.733. The SMILES string of the molecule is CC(C)(C)CN1C[C@@H]2CN(C(=O)c3cscn3)C[C@H]2C1. The van der Waals surface area contributed by atoms with E-state index in [1.165, 1.54) is 11.3 Å². The number of carbonyl (C=O) groups is 1. The van der Waals surface area contributed by atoms with Crippen molar-refractivity contribution in [1.82, 2.24) is 14.8 Å². The number of hydrogen-bond donors (Lipinski definition) is 0. The maximum atomic E-state index is 12.3. The second-order valence-electron chi connectivity index (χ2n) is 7.36. The van der Waals surface area contributed by atoms with Gasteiger partial charge in [-0.15, -0.1) is 11.3 Å². The summed E-state index contributed by atoms with van der Waals surface area (Å²) >= 11 is 1.49. The van der Waals surface area contributed by atoms with Crippen molar-refractivity contribution in [2.24, 2.45) is 17.3 Å². The summed E-state index contributed by atoms with van der Waals surface area (Å²) in [5.41, 5.74) is 2.70. The molecule has 2 saturated heterocycles. The summed E-state index contributed by atoms with van der Waals surface area (Å²) in [7, 11) is 0. The molecule has 0 aromatic carbocycles. The van der Waals surface area contributed by atoms with E-state index in [1.54, 1.807) is 5.51 Å². The Labute approximate surface area is 124 Å². The zero-order valence-corrected chi connectivity index (χ0v) is 13.3. The summed E-state index contributed by atoms with van der Waals surface area (Å²) in [5, 5.41) is 1.85. The molecular weight excluding hydrogens is 270 g/mol. The summed E-state index contributed by atoms with van der Waals surface area (Å²) in [6.45, 7) is 12.1. The van der Waals surface area contributed by atoms with Crippen LogP contribution in [-0.4, -0.2) is 53.4 Å². The van der Waals surface area contributed by atoms with Crippen LogP contribution in [0.15, 0.2) is 10.9 Å². The van der Waals surface area contributed by atoms with E-state index >= 15 is 0 Å². The third-order valence-corrected chi connectivity index (χ3v) is 4.78. The van der Waals surface area contributed by atoms with Crippen LogP contribution in [0.2, 0.25) is 0 Å². The van der Waals surface area contributed by atoms with E-state index in [4.69, 9.17) is 0 Å². The van der Waals surface area contributed by atoms with E-state index in [-0.39, 0.29) is 5.91 Å². The zero-order valence-electron chi connectivity index (χ0n) is 12.5. The van der Waals surface area contributed by atoms with E-state index in [0.29, 0.717) is 22.9 Å². The predicted molar refractivity (Wildman–Crippen MR) is 80.9 cm³/mol. The number of hydrogen-bond acceptors (Lipinski definition) is 4. The number of carbonyl (C=O) groups excluding carboxylic acids is 1. The van der Waals surface area contributed by atoms with Crippen LogP contribution < -0.4 is 0 Å². The van der Waals surface area contributed by atoms with Gasteiger partial charge in [-0.25, -0.2) is 4.98 Å². The van der Waals surface area contributed by atoms with Gasteiger partial charge >= 0.3 is 0 Å². The summed E-state index contributed by atoms with van der Waals surface area (Å²) in [5.74, 6) is 1.42. The van der Waals surface area contributed by atoms with Crippen molar-refractivity contribution in [3.05, 3.63) is 16.6 Å². The second-order valence-corrected chi connectivity index (χ2v) is 8.08. The van der Waals surface area contributed by atoms with Crippen LogP contribution in [0.3, 0.4) is 0 Å². The van der Waals surface area contributed by atoms with Crippen molar-refractivity contribution in [1.29, 1.82) is 0 Å². The monoisotopic (exact) mass is 293 g/mol. The molecule has 2 atom stereocenters. The summed E-state index contributed by atoms with van der Waals surface area (Å²) in [6.07, 6.45) is 0. The molecule has 5 heteroatoms. The quantitative estimate of drug-likeness (QED) is 0.838. The van der Waals surface area contributed by atoms with Crippen molar-refractivity contribution in [2.45, 2.75) is 20.8 Å². The maximum Gasteiger partial charge on any atom is 0.273 e. The molecule has 0 saturated carbocycles. The predicted octanol–water partition coefficient (Wildman–Crippen LogP) is 2.19. The van der Waals surface area contributed by atoms with Crippen molar-refractivity contribution in [2.75, 3.05) is 32.7 Å². The molecule has 0 spiro atoms. The molecule has 2 aliphatic heterocycles. The third-order valence-electron chi connectivity index (χ3n) is 4.20. The fourth-order valence-electron chi connectivity index (χ4n) is 3.54. The first-order valence-corrected chi connectivity index (χ1v) is 8.26. The minimum absolute atomic E-state index is 0.114. The second kappa shape index (κ2) is 5.11. The van der Waals surface area contributed by atoms with Crippen molar-refractivity contribution in [3.63, 3.8) is 0 Å². The molecule has 1 aromatic heterocycles. The molecule has 0 unspecified atom stereocenters. The van der Waals surface area contributed by atoms with Gasteiger partial charge in [-0.3, -0.25) is 4.79 Å². The van der Waals surface area contributed by atoms with E-state index in [9.17, 15) is 4.79 Å². The Morgan fingerprint density at radius 1 is 1.30 bits per heavy atom. The Bertz CT molecular complexity index is 466. The molecule has 1 aromatic rings. The normalized spacial score (nSPS) is 27.1. The van der Waals surface area contributed by atoms with E-state index in [0.717, 1.165) is 32.7 Å². The smallest absolute Gasteiger partial charge is 0.273 e. The first-order valence-electron chi connectivity index (χ1n) is 7.32. The third kappa shape index (κ3) is 2.88. The van der Waals surface area contributed by atoms with Crippen LogP contribution in [0.1, 0.15) is 31.3 Å².